The third-order valence-corrected chi connectivity index (χ3v) is 11.6. The predicted molar refractivity (Wildman–Crippen MR) is 167 cm³/mol. The molecule has 2 saturated heterocycles. The van der Waals surface area contributed by atoms with Crippen LogP contribution in [0.5, 0.6) is 17.2 Å². The fourth-order valence-corrected chi connectivity index (χ4v) is 9.82. The van der Waals surface area contributed by atoms with Crippen molar-refractivity contribution in [2.75, 3.05) is 33.3 Å². The second-order valence-electron chi connectivity index (χ2n) is 12.7. The van der Waals surface area contributed by atoms with Gasteiger partial charge in [-0.2, -0.15) is 5.26 Å². The van der Waals surface area contributed by atoms with Crippen molar-refractivity contribution < 1.29 is 47.7 Å². The van der Waals surface area contributed by atoms with E-state index in [-0.39, 0.29) is 48.4 Å². The molecule has 5 heterocycles. The van der Waals surface area contributed by atoms with Gasteiger partial charge in [-0.3, -0.25) is 29.0 Å². The Kier molecular flexibility index (Phi) is 7.80. The molecule has 2 fully saturated rings. The zero-order chi connectivity index (χ0) is 34.3. The molecule has 1 amide bonds. The maximum absolute atomic E-state index is 14.3. The van der Waals surface area contributed by atoms with Gasteiger partial charge in [-0.15, -0.1) is 11.8 Å². The Labute approximate surface area is 280 Å². The van der Waals surface area contributed by atoms with Gasteiger partial charge >= 0.3 is 11.9 Å². The molecule has 14 nitrogen and oxygen atoms in total. The number of ether oxygens (including phenoxy) is 5. The molecule has 0 aromatic heterocycles. The maximum Gasteiger partial charge on any atom is 0.329 e. The number of fused-ring (bicyclic) bond motifs is 8. The number of nitriles is 1. The largest absolute Gasteiger partial charge is 0.492 e. The highest BCUT2D eigenvalue weighted by molar-refractivity contribution is 7.99. The lowest BCUT2D eigenvalue weighted by Crippen LogP contribution is -2.73. The van der Waals surface area contributed by atoms with Gasteiger partial charge in [-0.1, -0.05) is 0 Å². The highest BCUT2D eigenvalue weighted by Crippen LogP contribution is 2.62. The number of cyclic esters (lactones) is 1. The Morgan fingerprint density at radius 2 is 1.79 bits per heavy atom. The van der Waals surface area contributed by atoms with Crippen LogP contribution in [-0.2, 0) is 33.4 Å². The molecule has 252 valence electrons. The van der Waals surface area contributed by atoms with E-state index in [9.17, 15) is 29.2 Å². The maximum atomic E-state index is 14.3. The number of likely N-dealkylation sites (N-methyl/N-ethyl adjacent to an activating group) is 1. The smallest absolute Gasteiger partial charge is 0.329 e. The fraction of sp³-hybridized carbons (Fsp3) is 0.515. The van der Waals surface area contributed by atoms with Crippen molar-refractivity contribution in [3.05, 3.63) is 39.2 Å². The summed E-state index contributed by atoms with van der Waals surface area (Å²) in [6.45, 7) is 5.57. The molecule has 7 atom stereocenters. The molecule has 0 spiro atoms. The van der Waals surface area contributed by atoms with Gasteiger partial charge in [0.05, 0.1) is 30.5 Å². The van der Waals surface area contributed by atoms with Gasteiger partial charge in [0.1, 0.15) is 24.4 Å². The van der Waals surface area contributed by atoms with E-state index in [4.69, 9.17) is 23.7 Å². The third kappa shape index (κ3) is 4.49. The van der Waals surface area contributed by atoms with Crippen LogP contribution in [0.1, 0.15) is 55.2 Å². The van der Waals surface area contributed by atoms with Crippen molar-refractivity contribution in [3.63, 3.8) is 0 Å². The Bertz CT molecular complexity index is 1810. The number of methoxy groups -OCH3 is 1. The summed E-state index contributed by atoms with van der Waals surface area (Å²) >= 11 is 1.30. The van der Waals surface area contributed by atoms with Crippen molar-refractivity contribution in [2.24, 2.45) is 0 Å². The second-order valence-corrected chi connectivity index (χ2v) is 13.9. The number of nitrogens with zero attached hydrogens (tertiary/aromatic N) is 3. The fourth-order valence-electron chi connectivity index (χ4n) is 8.32. The number of ketones is 2. The van der Waals surface area contributed by atoms with Gasteiger partial charge < -0.3 is 29.0 Å². The minimum absolute atomic E-state index is 0.0305. The Balaban J connectivity index is 1.53. The Hall–Kier alpha value is -4.39. The van der Waals surface area contributed by atoms with E-state index >= 15 is 0 Å². The van der Waals surface area contributed by atoms with Gasteiger partial charge in [0.15, 0.2) is 23.0 Å². The van der Waals surface area contributed by atoms with Crippen molar-refractivity contribution in [3.8, 4) is 23.3 Å². The van der Waals surface area contributed by atoms with Crippen LogP contribution >= 0.6 is 11.8 Å². The second kappa shape index (κ2) is 11.6. The zero-order valence-electron chi connectivity index (χ0n) is 27.2. The molecule has 5 aliphatic heterocycles. The van der Waals surface area contributed by atoms with E-state index in [1.165, 1.54) is 32.7 Å². The average Bonchev–Trinajstić information content (AvgIpc) is 3.53. The Morgan fingerprint density at radius 1 is 1.06 bits per heavy atom. The molecule has 0 saturated carbocycles. The number of hydrogen-bond donors (Lipinski definition) is 1. The molecule has 7 rings (SSSR count). The highest BCUT2D eigenvalue weighted by atomic mass is 32.2. The number of thioether (sulfide) groups is 1. The van der Waals surface area contributed by atoms with Crippen LogP contribution in [0, 0.1) is 18.3 Å². The molecule has 1 unspecified atom stereocenters. The van der Waals surface area contributed by atoms with E-state index in [1.54, 1.807) is 13.8 Å². The number of piperazine rings is 1. The molecule has 15 heteroatoms. The standard InChI is InChI=1S/C33H34N4O10S/c1-12-26(40)16-7-18-19(8-34)37-20-9-44-33(42)17(35-14(3)38)10-48-32(25(37)24(36(18)5)21(16)27(41)29(12)43-6)23-22(20)31-30(45-11-46-31)13(2)28(23)47-15(4)39/h17-20,24-25,32H,7,9-11H2,1-6H3,(H,35,38)/t17?,18-,19+,20+,24-,25-,32-/m1/s1. The molecule has 1 aliphatic carbocycles. The van der Waals surface area contributed by atoms with E-state index in [1.807, 2.05) is 16.8 Å². The van der Waals surface area contributed by atoms with Crippen molar-refractivity contribution in [1.82, 2.24) is 15.1 Å². The highest BCUT2D eigenvalue weighted by Gasteiger charge is 2.62. The number of Topliss-reactive ketones (excluding diaryl/α,β-unsaturated/α-hetero) is 2. The number of benzene rings is 1. The lowest BCUT2D eigenvalue weighted by atomic mass is 9.68. The first kappa shape index (κ1) is 32.2. The van der Waals surface area contributed by atoms with Crippen LogP contribution in [0.25, 0.3) is 0 Å². The zero-order valence-corrected chi connectivity index (χ0v) is 28.0. The summed E-state index contributed by atoms with van der Waals surface area (Å²) in [6, 6.07) is -2.12. The first-order valence-corrected chi connectivity index (χ1v) is 16.6. The van der Waals surface area contributed by atoms with Crippen molar-refractivity contribution >= 4 is 41.2 Å². The third-order valence-electron chi connectivity index (χ3n) is 10.2. The van der Waals surface area contributed by atoms with Gasteiger partial charge in [0, 0.05) is 65.1 Å². The molecular formula is C33H34N4O10S. The number of esters is 2. The monoisotopic (exact) mass is 678 g/mol. The first-order valence-electron chi connectivity index (χ1n) is 15.6. The molecule has 48 heavy (non-hydrogen) atoms. The molecule has 4 bridgehead atoms. The lowest BCUT2D eigenvalue weighted by Gasteiger charge is -2.62. The van der Waals surface area contributed by atoms with Gasteiger partial charge in [-0.25, -0.2) is 4.79 Å². The topological polar surface area (TPSA) is 174 Å². The molecule has 0 radical (unpaired) electrons. The summed E-state index contributed by atoms with van der Waals surface area (Å²) < 4.78 is 29.3. The number of rotatable bonds is 3. The number of carbonyl (C=O) groups is 5. The number of nitrogens with one attached hydrogen (secondary N) is 1. The van der Waals surface area contributed by atoms with E-state index < -0.39 is 65.1 Å². The van der Waals surface area contributed by atoms with Crippen LogP contribution in [-0.4, -0.2) is 103 Å². The number of amides is 1. The number of carbonyl (C=O) groups excluding carboxylic acids is 5. The average molecular weight is 679 g/mol. The number of hydrogen-bond acceptors (Lipinski definition) is 14. The summed E-state index contributed by atoms with van der Waals surface area (Å²) in [5, 5.41) is 12.9. The minimum Gasteiger partial charge on any atom is -0.492 e. The molecule has 1 aromatic rings. The molecule has 6 aliphatic rings. The SMILES string of the molecule is COC1=C(C)C(=O)C2=C(C1=O)[C@@H]1[C@@H]3[C@@H]4SCC(NC(C)=O)C(=O)OC[C@@H](c5c6c(c(C)c(OC(C)=O)c54)OCO6)N3[C@@H](C#N)[C@@H](C2)N1C. The van der Waals surface area contributed by atoms with Gasteiger partial charge in [0.25, 0.3) is 0 Å². The lowest BCUT2D eigenvalue weighted by molar-refractivity contribution is -0.152. The van der Waals surface area contributed by atoms with E-state index in [0.717, 1.165) is 0 Å². The van der Waals surface area contributed by atoms with Gasteiger partial charge in [0.2, 0.25) is 18.5 Å². The van der Waals surface area contributed by atoms with Crippen molar-refractivity contribution in [2.45, 2.75) is 75.6 Å². The van der Waals surface area contributed by atoms with Crippen LogP contribution in [0.2, 0.25) is 0 Å². The van der Waals surface area contributed by atoms with E-state index in [0.29, 0.717) is 39.3 Å². The van der Waals surface area contributed by atoms with E-state index in [2.05, 4.69) is 11.4 Å². The molecule has 1 aromatic carbocycles. The summed E-state index contributed by atoms with van der Waals surface area (Å²) in [4.78, 5) is 70.2. The quantitative estimate of drug-likeness (QED) is 0.277. The minimum atomic E-state index is -1.01. The summed E-state index contributed by atoms with van der Waals surface area (Å²) in [6.07, 6.45) is 0.148. The van der Waals surface area contributed by atoms with Crippen LogP contribution in [0.4, 0.5) is 0 Å². The summed E-state index contributed by atoms with van der Waals surface area (Å²) in [7, 11) is 3.20. The Morgan fingerprint density at radius 3 is 2.46 bits per heavy atom. The molecule has 1 N–H and O–H groups in total. The van der Waals surface area contributed by atoms with Crippen LogP contribution in [0.15, 0.2) is 22.5 Å². The first-order chi connectivity index (χ1) is 22.9. The molecular weight excluding hydrogens is 644 g/mol. The number of allylic oxidation sites excluding steroid dienone is 2. The van der Waals surface area contributed by atoms with Gasteiger partial charge in [-0.05, 0) is 27.3 Å². The predicted octanol–water partition coefficient (Wildman–Crippen LogP) is 1.56. The van der Waals surface area contributed by atoms with Crippen LogP contribution < -0.4 is 19.5 Å². The summed E-state index contributed by atoms with van der Waals surface area (Å²) in [5.74, 6) is -1.31. The van der Waals surface area contributed by atoms with Crippen molar-refractivity contribution in [1.29, 1.82) is 5.26 Å². The summed E-state index contributed by atoms with van der Waals surface area (Å²) in [5.41, 5.74) is 2.52. The normalized spacial score (nSPS) is 30.9. The van der Waals surface area contributed by atoms with Crippen LogP contribution in [0.3, 0.4) is 0 Å².